The number of aromatic nitrogens is 1. The van der Waals surface area contributed by atoms with Crippen LogP contribution in [0.25, 0.3) is 0 Å². The zero-order chi connectivity index (χ0) is 16.7. The van der Waals surface area contributed by atoms with E-state index in [1.165, 1.54) is 0 Å². The van der Waals surface area contributed by atoms with Crippen molar-refractivity contribution in [2.75, 3.05) is 16.8 Å². The Morgan fingerprint density at radius 2 is 2.33 bits per heavy atom. The number of ether oxygens (including phenoxy) is 1. The van der Waals surface area contributed by atoms with Gasteiger partial charge in [-0.3, -0.25) is 4.79 Å². The molecule has 0 radical (unpaired) electrons. The molecule has 7 nitrogen and oxygen atoms in total. The molecule has 4 rings (SSSR count). The van der Waals surface area contributed by atoms with Crippen LogP contribution in [0.15, 0.2) is 28.8 Å². The first kappa shape index (κ1) is 14.7. The van der Waals surface area contributed by atoms with Crippen LogP contribution in [0.4, 0.5) is 11.4 Å². The van der Waals surface area contributed by atoms with E-state index in [4.69, 9.17) is 9.26 Å². The number of carbonyl (C=O) groups excluding carboxylic acids is 2. The Balaban J connectivity index is 1.51. The lowest BCUT2D eigenvalue weighted by Gasteiger charge is -2.33. The van der Waals surface area contributed by atoms with Crippen LogP contribution in [0.1, 0.15) is 34.7 Å². The standard InChI is InChI=1S/C17H17N3O4/c1-10-7-12(24-19-10)9-23-17(22)11-4-5-14-13(8-11)18-16(21)15-3-2-6-20(14)15/h4-5,7-8,15H,2-3,6,9H2,1H3,(H,18,21). The van der Waals surface area contributed by atoms with E-state index in [9.17, 15) is 9.59 Å². The highest BCUT2D eigenvalue weighted by Crippen LogP contribution is 2.37. The Morgan fingerprint density at radius 1 is 1.46 bits per heavy atom. The fraction of sp³-hybridized carbons (Fsp3) is 0.353. The van der Waals surface area contributed by atoms with Crippen LogP contribution in [0.5, 0.6) is 0 Å². The summed E-state index contributed by atoms with van der Waals surface area (Å²) in [5.74, 6) is 0.0133. The second-order valence-electron chi connectivity index (χ2n) is 6.08. The Morgan fingerprint density at radius 3 is 3.12 bits per heavy atom. The number of nitrogens with zero attached hydrogens (tertiary/aromatic N) is 2. The number of hydrogen-bond donors (Lipinski definition) is 1. The molecule has 24 heavy (non-hydrogen) atoms. The molecule has 3 heterocycles. The molecule has 0 spiro atoms. The summed E-state index contributed by atoms with van der Waals surface area (Å²) in [6.45, 7) is 2.68. The Labute approximate surface area is 138 Å². The first-order valence-corrected chi connectivity index (χ1v) is 7.93. The summed E-state index contributed by atoms with van der Waals surface area (Å²) < 4.78 is 10.2. The molecule has 1 aromatic heterocycles. The molecule has 1 saturated heterocycles. The highest BCUT2D eigenvalue weighted by atomic mass is 16.5. The number of anilines is 2. The molecule has 1 atom stereocenters. The lowest BCUT2D eigenvalue weighted by molar-refractivity contribution is -0.117. The maximum Gasteiger partial charge on any atom is 0.338 e. The van der Waals surface area contributed by atoms with Crippen molar-refractivity contribution in [3.05, 3.63) is 41.3 Å². The third kappa shape index (κ3) is 2.51. The summed E-state index contributed by atoms with van der Waals surface area (Å²) in [6.07, 6.45) is 1.86. The summed E-state index contributed by atoms with van der Waals surface area (Å²) >= 11 is 0. The maximum atomic E-state index is 12.2. The van der Waals surface area contributed by atoms with Gasteiger partial charge in [-0.15, -0.1) is 0 Å². The van der Waals surface area contributed by atoms with Crippen LogP contribution in [0, 0.1) is 6.92 Å². The Hall–Kier alpha value is -2.83. The van der Waals surface area contributed by atoms with Gasteiger partial charge < -0.3 is 19.5 Å². The molecule has 0 aliphatic carbocycles. The van der Waals surface area contributed by atoms with Crippen molar-refractivity contribution in [1.29, 1.82) is 0 Å². The van der Waals surface area contributed by atoms with Gasteiger partial charge in [0.1, 0.15) is 6.04 Å². The van der Waals surface area contributed by atoms with Gasteiger partial charge >= 0.3 is 5.97 Å². The zero-order valence-corrected chi connectivity index (χ0v) is 13.2. The van der Waals surface area contributed by atoms with Gasteiger partial charge in [0.05, 0.1) is 22.6 Å². The van der Waals surface area contributed by atoms with E-state index in [-0.39, 0.29) is 18.6 Å². The highest BCUT2D eigenvalue weighted by molar-refractivity contribution is 6.05. The van der Waals surface area contributed by atoms with Gasteiger partial charge in [0, 0.05) is 12.6 Å². The second-order valence-corrected chi connectivity index (χ2v) is 6.08. The number of rotatable bonds is 3. The summed E-state index contributed by atoms with van der Waals surface area (Å²) in [6, 6.07) is 6.87. The van der Waals surface area contributed by atoms with Gasteiger partial charge in [-0.25, -0.2) is 4.79 Å². The molecule has 1 N–H and O–H groups in total. The molecule has 2 aliphatic heterocycles. The maximum absolute atomic E-state index is 12.2. The van der Waals surface area contributed by atoms with Crippen LogP contribution in [0.3, 0.4) is 0 Å². The number of esters is 1. The molecular formula is C17H17N3O4. The Kier molecular flexibility index (Phi) is 3.48. The van der Waals surface area contributed by atoms with Crippen molar-refractivity contribution in [3.63, 3.8) is 0 Å². The molecule has 124 valence electrons. The van der Waals surface area contributed by atoms with Crippen molar-refractivity contribution in [2.24, 2.45) is 0 Å². The SMILES string of the molecule is Cc1cc(COC(=O)c2ccc3c(c2)NC(=O)C2CCCN32)on1. The van der Waals surface area contributed by atoms with E-state index in [2.05, 4.69) is 15.4 Å². The van der Waals surface area contributed by atoms with Gasteiger partial charge in [-0.2, -0.15) is 0 Å². The molecule has 1 unspecified atom stereocenters. The smallest absolute Gasteiger partial charge is 0.338 e. The number of fused-ring (bicyclic) bond motifs is 3. The van der Waals surface area contributed by atoms with Crippen LogP contribution in [0.2, 0.25) is 0 Å². The van der Waals surface area contributed by atoms with Crippen LogP contribution >= 0.6 is 0 Å². The predicted octanol–water partition coefficient (Wildman–Crippen LogP) is 2.26. The third-order valence-electron chi connectivity index (χ3n) is 4.38. The third-order valence-corrected chi connectivity index (χ3v) is 4.38. The minimum Gasteiger partial charge on any atom is -0.454 e. The predicted molar refractivity (Wildman–Crippen MR) is 85.8 cm³/mol. The molecule has 7 heteroatoms. The van der Waals surface area contributed by atoms with Gasteiger partial charge in [-0.1, -0.05) is 5.16 Å². The van der Waals surface area contributed by atoms with E-state index < -0.39 is 5.97 Å². The fourth-order valence-electron chi connectivity index (χ4n) is 3.26. The molecule has 1 amide bonds. The van der Waals surface area contributed by atoms with Crippen molar-refractivity contribution in [3.8, 4) is 0 Å². The lowest BCUT2D eigenvalue weighted by Crippen LogP contribution is -2.43. The molecule has 2 aliphatic rings. The number of carbonyl (C=O) groups is 2. The minimum absolute atomic E-state index is 0.0114. The van der Waals surface area contributed by atoms with Crippen molar-refractivity contribution in [1.82, 2.24) is 5.16 Å². The number of hydrogen-bond acceptors (Lipinski definition) is 6. The van der Waals surface area contributed by atoms with E-state index in [0.717, 1.165) is 30.8 Å². The molecule has 1 fully saturated rings. The summed E-state index contributed by atoms with van der Waals surface area (Å²) in [4.78, 5) is 26.5. The first-order valence-electron chi connectivity index (χ1n) is 7.93. The molecule has 1 aromatic carbocycles. The quantitative estimate of drug-likeness (QED) is 0.871. The highest BCUT2D eigenvalue weighted by Gasteiger charge is 2.36. The summed E-state index contributed by atoms with van der Waals surface area (Å²) in [5, 5.41) is 6.63. The number of amides is 1. The normalized spacial score (nSPS) is 18.8. The van der Waals surface area contributed by atoms with E-state index in [1.54, 1.807) is 25.1 Å². The van der Waals surface area contributed by atoms with Crippen molar-refractivity contribution < 1.29 is 18.8 Å². The van der Waals surface area contributed by atoms with Gasteiger partial charge in [-0.05, 0) is 38.0 Å². The number of aryl methyl sites for hydroxylation is 1. The molecule has 0 bridgehead atoms. The average Bonchev–Trinajstić information content (AvgIpc) is 3.21. The second kappa shape index (κ2) is 5.67. The molecule has 0 saturated carbocycles. The largest absolute Gasteiger partial charge is 0.454 e. The lowest BCUT2D eigenvalue weighted by atomic mass is 10.1. The monoisotopic (exact) mass is 327 g/mol. The summed E-state index contributed by atoms with van der Waals surface area (Å²) in [7, 11) is 0. The van der Waals surface area contributed by atoms with Gasteiger partial charge in [0.15, 0.2) is 12.4 Å². The number of nitrogens with one attached hydrogen (secondary N) is 1. The number of benzene rings is 1. The topological polar surface area (TPSA) is 84.7 Å². The average molecular weight is 327 g/mol. The van der Waals surface area contributed by atoms with Gasteiger partial charge in [0.2, 0.25) is 5.91 Å². The zero-order valence-electron chi connectivity index (χ0n) is 13.2. The van der Waals surface area contributed by atoms with Crippen LogP contribution in [-0.2, 0) is 16.1 Å². The molecule has 2 aromatic rings. The Bertz CT molecular complexity index is 814. The fourth-order valence-corrected chi connectivity index (χ4v) is 3.26. The minimum atomic E-state index is -0.468. The van der Waals surface area contributed by atoms with Crippen molar-refractivity contribution in [2.45, 2.75) is 32.4 Å². The summed E-state index contributed by atoms with van der Waals surface area (Å²) in [5.41, 5.74) is 2.74. The van der Waals surface area contributed by atoms with E-state index in [1.807, 2.05) is 6.07 Å². The van der Waals surface area contributed by atoms with E-state index >= 15 is 0 Å². The van der Waals surface area contributed by atoms with Crippen LogP contribution < -0.4 is 10.2 Å². The van der Waals surface area contributed by atoms with Crippen LogP contribution in [-0.4, -0.2) is 29.6 Å². The van der Waals surface area contributed by atoms with Gasteiger partial charge in [0.25, 0.3) is 0 Å². The first-order chi connectivity index (χ1) is 11.6. The molecular weight excluding hydrogens is 310 g/mol. The van der Waals surface area contributed by atoms with E-state index in [0.29, 0.717) is 17.0 Å². The van der Waals surface area contributed by atoms with Crippen molar-refractivity contribution >= 4 is 23.3 Å².